The van der Waals surface area contributed by atoms with Crippen molar-refractivity contribution in [1.29, 1.82) is 0 Å². The number of carbonyl (C=O) groups excluding carboxylic acids is 1. The molecule has 1 saturated heterocycles. The van der Waals surface area contributed by atoms with Gasteiger partial charge in [0.1, 0.15) is 0 Å². The fraction of sp³-hybridized carbons (Fsp3) is 0.667. The van der Waals surface area contributed by atoms with Gasteiger partial charge in [-0.25, -0.2) is 8.42 Å². The molecule has 2 fully saturated rings. The number of piperidine rings is 1. The molecule has 6 heteroatoms. The molecule has 1 heterocycles. The third kappa shape index (κ3) is 3.92. The number of aryl methyl sites for hydroxylation is 1. The molecule has 0 bridgehead atoms. The highest BCUT2D eigenvalue weighted by molar-refractivity contribution is 7.93. The minimum absolute atomic E-state index is 0.160. The Morgan fingerprint density at radius 2 is 1.74 bits per heavy atom. The predicted molar refractivity (Wildman–Crippen MR) is 107 cm³/mol. The number of nitrogens with zero attached hydrogens (tertiary/aromatic N) is 1. The molecule has 2 aliphatic rings. The number of likely N-dealkylation sites (tertiary alicyclic amines) is 1. The summed E-state index contributed by atoms with van der Waals surface area (Å²) in [6.07, 6.45) is 5.54. The van der Waals surface area contributed by atoms with E-state index in [0.29, 0.717) is 31.8 Å². The molecule has 0 spiro atoms. The van der Waals surface area contributed by atoms with Gasteiger partial charge in [-0.2, -0.15) is 0 Å². The smallest absolute Gasteiger partial charge is 0.244 e. The Kier molecular flexibility index (Phi) is 6.26. The van der Waals surface area contributed by atoms with Crippen molar-refractivity contribution < 1.29 is 13.2 Å². The fourth-order valence-electron chi connectivity index (χ4n) is 4.55. The summed E-state index contributed by atoms with van der Waals surface area (Å²) in [5.41, 5.74) is 1.02. The van der Waals surface area contributed by atoms with E-state index >= 15 is 0 Å². The first kappa shape index (κ1) is 20.3. The molecule has 0 unspecified atom stereocenters. The Labute approximate surface area is 163 Å². The summed E-state index contributed by atoms with van der Waals surface area (Å²) in [4.78, 5) is 15.6. The molecule has 0 aromatic heterocycles. The van der Waals surface area contributed by atoms with Crippen molar-refractivity contribution in [3.8, 4) is 0 Å². The molecule has 1 aromatic rings. The number of amides is 1. The molecule has 1 aromatic carbocycles. The van der Waals surface area contributed by atoms with Gasteiger partial charge in [0.2, 0.25) is 5.91 Å². The van der Waals surface area contributed by atoms with Crippen LogP contribution >= 0.6 is 0 Å². The van der Waals surface area contributed by atoms with Gasteiger partial charge in [-0.3, -0.25) is 4.79 Å². The van der Waals surface area contributed by atoms with Crippen LogP contribution in [0.2, 0.25) is 0 Å². The SMILES string of the molecule is CNCCC1CCN(C(=O)C2(S(=O)(=O)c3ccc(C)cc3)CCCC2)CC1. The second-order valence-electron chi connectivity index (χ2n) is 8.15. The van der Waals surface area contributed by atoms with Gasteiger partial charge in [0, 0.05) is 13.1 Å². The maximum absolute atomic E-state index is 13.5. The van der Waals surface area contributed by atoms with Crippen molar-refractivity contribution in [3.63, 3.8) is 0 Å². The third-order valence-electron chi connectivity index (χ3n) is 6.35. The van der Waals surface area contributed by atoms with Crippen molar-refractivity contribution in [1.82, 2.24) is 10.2 Å². The zero-order chi connectivity index (χ0) is 19.5. The molecule has 3 rings (SSSR count). The van der Waals surface area contributed by atoms with E-state index in [1.54, 1.807) is 12.1 Å². The van der Waals surface area contributed by atoms with E-state index < -0.39 is 14.6 Å². The van der Waals surface area contributed by atoms with Crippen LogP contribution in [-0.4, -0.2) is 50.7 Å². The van der Waals surface area contributed by atoms with Crippen molar-refractivity contribution in [3.05, 3.63) is 29.8 Å². The summed E-state index contributed by atoms with van der Waals surface area (Å²) >= 11 is 0. The first-order chi connectivity index (χ1) is 12.9. The highest BCUT2D eigenvalue weighted by atomic mass is 32.2. The fourth-order valence-corrected chi connectivity index (χ4v) is 6.68. The second-order valence-corrected chi connectivity index (χ2v) is 10.4. The number of hydrogen-bond acceptors (Lipinski definition) is 4. The van der Waals surface area contributed by atoms with Gasteiger partial charge in [0.25, 0.3) is 0 Å². The van der Waals surface area contributed by atoms with Crippen LogP contribution in [0.1, 0.15) is 50.5 Å². The van der Waals surface area contributed by atoms with Crippen LogP contribution in [0.4, 0.5) is 0 Å². The highest BCUT2D eigenvalue weighted by Gasteiger charge is 2.54. The van der Waals surface area contributed by atoms with Gasteiger partial charge >= 0.3 is 0 Å². The maximum atomic E-state index is 13.5. The quantitative estimate of drug-likeness (QED) is 0.808. The van der Waals surface area contributed by atoms with Crippen LogP contribution in [-0.2, 0) is 14.6 Å². The van der Waals surface area contributed by atoms with Crippen LogP contribution in [0.15, 0.2) is 29.2 Å². The van der Waals surface area contributed by atoms with Crippen molar-refractivity contribution in [2.75, 3.05) is 26.7 Å². The molecule has 1 N–H and O–H groups in total. The minimum atomic E-state index is -3.69. The number of rotatable bonds is 6. The molecule has 1 saturated carbocycles. The van der Waals surface area contributed by atoms with Gasteiger partial charge in [-0.05, 0) is 70.7 Å². The van der Waals surface area contributed by atoms with E-state index in [1.165, 1.54) is 0 Å². The normalized spacial score (nSPS) is 20.7. The topological polar surface area (TPSA) is 66.5 Å². The van der Waals surface area contributed by atoms with Crippen LogP contribution in [0.25, 0.3) is 0 Å². The van der Waals surface area contributed by atoms with Gasteiger partial charge in [-0.15, -0.1) is 0 Å². The highest BCUT2D eigenvalue weighted by Crippen LogP contribution is 2.42. The first-order valence-corrected chi connectivity index (χ1v) is 11.6. The molecule has 0 atom stereocenters. The Bertz CT molecular complexity index is 744. The van der Waals surface area contributed by atoms with Crippen LogP contribution in [0.5, 0.6) is 0 Å². The lowest BCUT2D eigenvalue weighted by molar-refractivity contribution is -0.135. The summed E-state index contributed by atoms with van der Waals surface area (Å²) in [5.74, 6) is 0.461. The number of carbonyl (C=O) groups is 1. The van der Waals surface area contributed by atoms with Crippen LogP contribution in [0, 0.1) is 12.8 Å². The lowest BCUT2D eigenvalue weighted by atomic mass is 9.92. The summed E-state index contributed by atoms with van der Waals surface area (Å²) in [7, 11) is -1.74. The summed E-state index contributed by atoms with van der Waals surface area (Å²) < 4.78 is 25.7. The molecule has 0 radical (unpaired) electrons. The van der Waals surface area contributed by atoms with E-state index in [-0.39, 0.29) is 10.8 Å². The Hall–Kier alpha value is -1.40. The average Bonchev–Trinajstić information content (AvgIpc) is 3.18. The van der Waals surface area contributed by atoms with E-state index in [1.807, 2.05) is 31.0 Å². The molecule has 1 aliphatic heterocycles. The van der Waals surface area contributed by atoms with E-state index in [0.717, 1.165) is 44.2 Å². The largest absolute Gasteiger partial charge is 0.341 e. The first-order valence-electron chi connectivity index (χ1n) is 10.2. The Morgan fingerprint density at radius 3 is 2.30 bits per heavy atom. The molecule has 1 aliphatic carbocycles. The van der Waals surface area contributed by atoms with E-state index in [9.17, 15) is 13.2 Å². The average molecular weight is 393 g/mol. The summed E-state index contributed by atoms with van der Waals surface area (Å²) in [6, 6.07) is 6.94. The van der Waals surface area contributed by atoms with Gasteiger partial charge in [0.15, 0.2) is 14.6 Å². The molecular weight excluding hydrogens is 360 g/mol. The van der Waals surface area contributed by atoms with E-state index in [4.69, 9.17) is 0 Å². The van der Waals surface area contributed by atoms with Gasteiger partial charge in [0.05, 0.1) is 4.90 Å². The number of hydrogen-bond donors (Lipinski definition) is 1. The third-order valence-corrected chi connectivity index (χ3v) is 8.86. The maximum Gasteiger partial charge on any atom is 0.244 e. The van der Waals surface area contributed by atoms with Crippen molar-refractivity contribution in [2.45, 2.75) is 61.5 Å². The zero-order valence-corrected chi connectivity index (χ0v) is 17.4. The Morgan fingerprint density at radius 1 is 1.15 bits per heavy atom. The molecule has 5 nitrogen and oxygen atoms in total. The second kappa shape index (κ2) is 8.31. The monoisotopic (exact) mass is 392 g/mol. The van der Waals surface area contributed by atoms with Crippen LogP contribution < -0.4 is 5.32 Å². The minimum Gasteiger partial charge on any atom is -0.341 e. The summed E-state index contributed by atoms with van der Waals surface area (Å²) in [5, 5.41) is 3.18. The lowest BCUT2D eigenvalue weighted by Gasteiger charge is -2.38. The Balaban J connectivity index is 1.80. The van der Waals surface area contributed by atoms with Crippen molar-refractivity contribution in [2.24, 2.45) is 5.92 Å². The predicted octanol–water partition coefficient (Wildman–Crippen LogP) is 2.93. The van der Waals surface area contributed by atoms with Gasteiger partial charge < -0.3 is 10.2 Å². The summed E-state index contributed by atoms with van der Waals surface area (Å²) in [6.45, 7) is 4.28. The standard InChI is InChI=1S/C21H32N2O3S/c1-17-5-7-19(8-6-17)27(25,26)21(12-3-4-13-21)20(24)23-15-10-18(11-16-23)9-14-22-2/h5-8,18,22H,3-4,9-16H2,1-2H3. The van der Waals surface area contributed by atoms with Crippen LogP contribution in [0.3, 0.4) is 0 Å². The number of sulfone groups is 1. The molecular formula is C21H32N2O3S. The molecule has 27 heavy (non-hydrogen) atoms. The lowest BCUT2D eigenvalue weighted by Crippen LogP contribution is -2.54. The number of benzene rings is 1. The zero-order valence-electron chi connectivity index (χ0n) is 16.5. The molecule has 150 valence electrons. The van der Waals surface area contributed by atoms with Gasteiger partial charge in [-0.1, -0.05) is 30.5 Å². The van der Waals surface area contributed by atoms with E-state index in [2.05, 4.69) is 5.32 Å². The number of nitrogens with one attached hydrogen (secondary N) is 1. The molecule has 1 amide bonds. The van der Waals surface area contributed by atoms with Crippen molar-refractivity contribution >= 4 is 15.7 Å².